The Labute approximate surface area is 114 Å². The second-order valence-electron chi connectivity index (χ2n) is 5.82. The zero-order valence-corrected chi connectivity index (χ0v) is 11.5. The third kappa shape index (κ3) is 2.45. The maximum Gasteiger partial charge on any atom is 0.229 e. The van der Waals surface area contributed by atoms with Crippen LogP contribution in [0.25, 0.3) is 0 Å². The lowest BCUT2D eigenvalue weighted by atomic mass is 9.88. The number of anilines is 2. The molecule has 0 spiro atoms. The van der Waals surface area contributed by atoms with Crippen molar-refractivity contribution in [3.8, 4) is 0 Å². The van der Waals surface area contributed by atoms with Gasteiger partial charge in [0, 0.05) is 37.6 Å². The highest BCUT2D eigenvalue weighted by atomic mass is 16.2. The van der Waals surface area contributed by atoms with Crippen LogP contribution in [0.2, 0.25) is 0 Å². The number of fused-ring (bicyclic) bond motifs is 2. The SMILES string of the molecule is CN(C)c1ccc(NC(=O)C2CC3CCC2N3)cc1. The molecule has 1 aromatic carbocycles. The fourth-order valence-corrected chi connectivity index (χ4v) is 3.19. The monoisotopic (exact) mass is 259 g/mol. The molecule has 1 aromatic rings. The molecule has 102 valence electrons. The van der Waals surface area contributed by atoms with Crippen LogP contribution in [-0.2, 0) is 4.79 Å². The van der Waals surface area contributed by atoms with Crippen molar-refractivity contribution in [2.45, 2.75) is 31.3 Å². The quantitative estimate of drug-likeness (QED) is 0.870. The van der Waals surface area contributed by atoms with Gasteiger partial charge in [0.25, 0.3) is 0 Å². The summed E-state index contributed by atoms with van der Waals surface area (Å²) in [6, 6.07) is 8.94. The number of carbonyl (C=O) groups is 1. The molecule has 0 aliphatic carbocycles. The average Bonchev–Trinajstić information content (AvgIpc) is 3.01. The predicted molar refractivity (Wildman–Crippen MR) is 77.5 cm³/mol. The number of rotatable bonds is 3. The van der Waals surface area contributed by atoms with Crippen LogP contribution in [0, 0.1) is 5.92 Å². The molecular weight excluding hydrogens is 238 g/mol. The Morgan fingerprint density at radius 2 is 2.00 bits per heavy atom. The Kier molecular flexibility index (Phi) is 3.19. The van der Waals surface area contributed by atoms with Gasteiger partial charge < -0.3 is 15.5 Å². The summed E-state index contributed by atoms with van der Waals surface area (Å²) in [4.78, 5) is 14.3. The van der Waals surface area contributed by atoms with Crippen molar-refractivity contribution in [1.82, 2.24) is 5.32 Å². The fourth-order valence-electron chi connectivity index (χ4n) is 3.19. The Morgan fingerprint density at radius 3 is 2.53 bits per heavy atom. The van der Waals surface area contributed by atoms with Crippen molar-refractivity contribution in [2.24, 2.45) is 5.92 Å². The van der Waals surface area contributed by atoms with Gasteiger partial charge >= 0.3 is 0 Å². The van der Waals surface area contributed by atoms with Crippen LogP contribution in [-0.4, -0.2) is 32.1 Å². The van der Waals surface area contributed by atoms with Crippen LogP contribution in [0.5, 0.6) is 0 Å². The largest absolute Gasteiger partial charge is 0.378 e. The van der Waals surface area contributed by atoms with E-state index in [1.807, 2.05) is 43.3 Å². The first-order valence-corrected chi connectivity index (χ1v) is 6.98. The second kappa shape index (κ2) is 4.85. The highest BCUT2D eigenvalue weighted by Gasteiger charge is 2.42. The van der Waals surface area contributed by atoms with Gasteiger partial charge in [0.15, 0.2) is 0 Å². The van der Waals surface area contributed by atoms with Crippen molar-refractivity contribution >= 4 is 17.3 Å². The minimum Gasteiger partial charge on any atom is -0.378 e. The number of benzene rings is 1. The minimum atomic E-state index is 0.146. The van der Waals surface area contributed by atoms with Gasteiger partial charge in [0.2, 0.25) is 5.91 Å². The summed E-state index contributed by atoms with van der Waals surface area (Å²) in [6.45, 7) is 0. The number of amides is 1. The molecule has 2 saturated heterocycles. The van der Waals surface area contributed by atoms with Crippen molar-refractivity contribution < 1.29 is 4.79 Å². The Hall–Kier alpha value is -1.55. The summed E-state index contributed by atoms with van der Waals surface area (Å²) < 4.78 is 0. The second-order valence-corrected chi connectivity index (χ2v) is 5.82. The van der Waals surface area contributed by atoms with Crippen LogP contribution in [0.3, 0.4) is 0 Å². The minimum absolute atomic E-state index is 0.146. The lowest BCUT2D eigenvalue weighted by molar-refractivity contribution is -0.120. The molecule has 19 heavy (non-hydrogen) atoms. The number of hydrogen-bond donors (Lipinski definition) is 2. The molecule has 2 N–H and O–H groups in total. The molecule has 3 rings (SSSR count). The smallest absolute Gasteiger partial charge is 0.229 e. The summed E-state index contributed by atoms with van der Waals surface area (Å²) >= 11 is 0. The fraction of sp³-hybridized carbons (Fsp3) is 0.533. The van der Waals surface area contributed by atoms with Gasteiger partial charge in [-0.25, -0.2) is 0 Å². The van der Waals surface area contributed by atoms with E-state index in [1.165, 1.54) is 6.42 Å². The van der Waals surface area contributed by atoms with Crippen molar-refractivity contribution in [1.29, 1.82) is 0 Å². The molecular formula is C15H21N3O. The third-order valence-corrected chi connectivity index (χ3v) is 4.29. The lowest BCUT2D eigenvalue weighted by Gasteiger charge is -2.19. The molecule has 2 aliphatic heterocycles. The Balaban J connectivity index is 1.63. The zero-order chi connectivity index (χ0) is 13.4. The average molecular weight is 259 g/mol. The highest BCUT2D eigenvalue weighted by Crippen LogP contribution is 2.33. The van der Waals surface area contributed by atoms with Gasteiger partial charge in [-0.1, -0.05) is 0 Å². The number of nitrogens with one attached hydrogen (secondary N) is 2. The van der Waals surface area contributed by atoms with Crippen molar-refractivity contribution in [3.05, 3.63) is 24.3 Å². The summed E-state index contributed by atoms with van der Waals surface area (Å²) in [7, 11) is 4.02. The highest BCUT2D eigenvalue weighted by molar-refractivity contribution is 5.93. The Morgan fingerprint density at radius 1 is 1.26 bits per heavy atom. The van der Waals surface area contributed by atoms with Gasteiger partial charge in [-0.15, -0.1) is 0 Å². The van der Waals surface area contributed by atoms with E-state index >= 15 is 0 Å². The standard InChI is InChI=1S/C15H21N3O/c1-18(2)12-6-3-10(4-7-12)17-15(19)13-9-11-5-8-14(13)16-11/h3-4,6-7,11,13-14,16H,5,8-9H2,1-2H3,(H,17,19). The molecule has 4 nitrogen and oxygen atoms in total. The van der Waals surface area contributed by atoms with Crippen LogP contribution in [0.1, 0.15) is 19.3 Å². The third-order valence-electron chi connectivity index (χ3n) is 4.29. The Bertz CT molecular complexity index is 469. The first-order chi connectivity index (χ1) is 9.13. The van der Waals surface area contributed by atoms with Crippen molar-refractivity contribution in [2.75, 3.05) is 24.3 Å². The van der Waals surface area contributed by atoms with Gasteiger partial charge in [0.05, 0.1) is 5.92 Å². The van der Waals surface area contributed by atoms with E-state index in [4.69, 9.17) is 0 Å². The normalized spacial score (nSPS) is 28.4. The van der Waals surface area contributed by atoms with Crippen molar-refractivity contribution in [3.63, 3.8) is 0 Å². The van der Waals surface area contributed by atoms with E-state index in [9.17, 15) is 4.79 Å². The zero-order valence-electron chi connectivity index (χ0n) is 11.5. The summed E-state index contributed by atoms with van der Waals surface area (Å²) in [6.07, 6.45) is 3.36. The summed E-state index contributed by atoms with van der Waals surface area (Å²) in [5.41, 5.74) is 2.03. The van der Waals surface area contributed by atoms with Gasteiger partial charge in [-0.2, -0.15) is 0 Å². The molecule has 0 aromatic heterocycles. The van der Waals surface area contributed by atoms with E-state index in [1.54, 1.807) is 0 Å². The van der Waals surface area contributed by atoms with Crippen LogP contribution >= 0.6 is 0 Å². The molecule has 2 heterocycles. The maximum atomic E-state index is 12.3. The van der Waals surface area contributed by atoms with Gasteiger partial charge in [-0.3, -0.25) is 4.79 Å². The van der Waals surface area contributed by atoms with E-state index in [0.717, 1.165) is 24.2 Å². The summed E-state index contributed by atoms with van der Waals surface area (Å²) in [5.74, 6) is 0.310. The first kappa shape index (κ1) is 12.5. The predicted octanol–water partition coefficient (Wildman–Crippen LogP) is 1.83. The number of carbonyl (C=O) groups excluding carboxylic acids is 1. The molecule has 0 radical (unpaired) electrons. The van der Waals surface area contributed by atoms with Crippen LogP contribution in [0.15, 0.2) is 24.3 Å². The lowest BCUT2D eigenvalue weighted by Crippen LogP contribution is -2.32. The molecule has 4 heteroatoms. The van der Waals surface area contributed by atoms with Gasteiger partial charge in [-0.05, 0) is 43.5 Å². The van der Waals surface area contributed by atoms with E-state index in [2.05, 4.69) is 10.6 Å². The topological polar surface area (TPSA) is 44.4 Å². The first-order valence-electron chi connectivity index (χ1n) is 6.98. The molecule has 2 bridgehead atoms. The van der Waals surface area contributed by atoms with Gasteiger partial charge in [0.1, 0.15) is 0 Å². The number of nitrogens with zero attached hydrogens (tertiary/aromatic N) is 1. The molecule has 3 atom stereocenters. The molecule has 3 unspecified atom stereocenters. The molecule has 1 amide bonds. The number of hydrogen-bond acceptors (Lipinski definition) is 3. The molecule has 2 fully saturated rings. The molecule has 2 aliphatic rings. The van der Waals surface area contributed by atoms with E-state index < -0.39 is 0 Å². The molecule has 0 saturated carbocycles. The van der Waals surface area contributed by atoms with E-state index in [0.29, 0.717) is 12.1 Å². The van der Waals surface area contributed by atoms with E-state index in [-0.39, 0.29) is 11.8 Å². The summed E-state index contributed by atoms with van der Waals surface area (Å²) in [5, 5.41) is 6.54. The van der Waals surface area contributed by atoms with Crippen LogP contribution < -0.4 is 15.5 Å². The maximum absolute atomic E-state index is 12.3. The van der Waals surface area contributed by atoms with Crippen LogP contribution in [0.4, 0.5) is 11.4 Å².